The molecular weight excluding hydrogens is 554 g/mol. The number of carbonyl (C=O) groups excluding carboxylic acids is 4. The minimum Gasteiger partial charge on any atom is -0.461 e. The molecule has 0 aromatic heterocycles. The van der Waals surface area contributed by atoms with Gasteiger partial charge in [-0.15, -0.1) is 0 Å². The fraction of sp³-hybridized carbons (Fsp3) is 0.643. The predicted molar refractivity (Wildman–Crippen MR) is 139 cm³/mol. The van der Waals surface area contributed by atoms with Crippen LogP contribution in [-0.2, 0) is 44.7 Å². The molecular formula is C28H39F4NO8. The van der Waals surface area contributed by atoms with Crippen LogP contribution in [0.15, 0.2) is 30.3 Å². The molecule has 0 unspecified atom stereocenters. The van der Waals surface area contributed by atoms with Gasteiger partial charge >= 0.3 is 25.2 Å². The summed E-state index contributed by atoms with van der Waals surface area (Å²) >= 11 is 0. The van der Waals surface area contributed by atoms with Crippen molar-refractivity contribution in [3.8, 4) is 0 Å². The van der Waals surface area contributed by atoms with E-state index in [0.717, 1.165) is 0 Å². The number of ketones is 1. The molecule has 0 saturated heterocycles. The van der Waals surface area contributed by atoms with Crippen LogP contribution in [0.4, 0.5) is 17.6 Å². The number of ether oxygens (including phenoxy) is 4. The van der Waals surface area contributed by atoms with Crippen LogP contribution in [0.1, 0.15) is 59.4 Å². The van der Waals surface area contributed by atoms with Gasteiger partial charge in [0.2, 0.25) is 5.91 Å². The summed E-state index contributed by atoms with van der Waals surface area (Å²) in [7, 11) is 0. The molecule has 1 aromatic carbocycles. The molecule has 1 rings (SSSR count). The molecule has 1 N–H and O–H groups in total. The molecule has 0 aliphatic rings. The molecule has 0 bridgehead atoms. The van der Waals surface area contributed by atoms with E-state index in [1.165, 1.54) is 0 Å². The van der Waals surface area contributed by atoms with E-state index in [4.69, 9.17) is 9.47 Å². The fourth-order valence-electron chi connectivity index (χ4n) is 3.74. The molecule has 232 valence electrons. The van der Waals surface area contributed by atoms with Crippen LogP contribution in [0.25, 0.3) is 0 Å². The van der Waals surface area contributed by atoms with E-state index in [9.17, 15) is 36.7 Å². The van der Waals surface area contributed by atoms with Crippen LogP contribution in [0, 0.1) is 17.8 Å². The first kappa shape index (κ1) is 36.0. The number of amides is 1. The predicted octanol–water partition coefficient (Wildman–Crippen LogP) is 4.66. The molecule has 0 fully saturated rings. The Bertz CT molecular complexity index is 970. The summed E-state index contributed by atoms with van der Waals surface area (Å²) in [5.41, 5.74) is -0.221. The quantitative estimate of drug-likeness (QED) is 0.193. The number of esters is 2. The Morgan fingerprint density at radius 3 is 1.98 bits per heavy atom. The zero-order valence-corrected chi connectivity index (χ0v) is 23.9. The SMILES string of the molecule is CC(C)C[C@H](CC(=O)OC(C)(C)C)C(=O)N[C@@H](COC(F)F)C(=O)C[C@@H](COC(F)F)C(=O)OCc1ccccc1. The van der Waals surface area contributed by atoms with Gasteiger partial charge in [0.25, 0.3) is 0 Å². The fourth-order valence-corrected chi connectivity index (χ4v) is 3.74. The Morgan fingerprint density at radius 1 is 0.854 bits per heavy atom. The number of carbonyl (C=O) groups is 4. The topological polar surface area (TPSA) is 117 Å². The van der Waals surface area contributed by atoms with Crippen molar-refractivity contribution in [2.45, 2.75) is 85.4 Å². The number of hydrogen-bond acceptors (Lipinski definition) is 8. The summed E-state index contributed by atoms with van der Waals surface area (Å²) in [5, 5.41) is 2.32. The van der Waals surface area contributed by atoms with Gasteiger partial charge in [0, 0.05) is 12.3 Å². The van der Waals surface area contributed by atoms with Crippen LogP contribution < -0.4 is 5.32 Å². The molecule has 0 aliphatic heterocycles. The number of Topliss-reactive ketones (excluding diaryl/α,β-unsaturated/α-hetero) is 1. The highest BCUT2D eigenvalue weighted by atomic mass is 19.3. The van der Waals surface area contributed by atoms with Gasteiger partial charge in [-0.25, -0.2) is 0 Å². The minimum absolute atomic E-state index is 0.0603. The van der Waals surface area contributed by atoms with Crippen LogP contribution in [0.3, 0.4) is 0 Å². The van der Waals surface area contributed by atoms with Crippen LogP contribution in [-0.4, -0.2) is 61.7 Å². The first-order chi connectivity index (χ1) is 19.1. The molecule has 41 heavy (non-hydrogen) atoms. The smallest absolute Gasteiger partial charge is 0.345 e. The molecule has 1 aromatic rings. The van der Waals surface area contributed by atoms with E-state index in [1.807, 2.05) is 0 Å². The van der Waals surface area contributed by atoms with Gasteiger partial charge < -0.3 is 24.3 Å². The highest BCUT2D eigenvalue weighted by molar-refractivity contribution is 5.93. The molecule has 0 aliphatic carbocycles. The lowest BCUT2D eigenvalue weighted by Gasteiger charge is -2.25. The lowest BCUT2D eigenvalue weighted by atomic mass is 9.92. The van der Waals surface area contributed by atoms with Crippen molar-refractivity contribution in [2.75, 3.05) is 13.2 Å². The number of halogens is 4. The highest BCUT2D eigenvalue weighted by Gasteiger charge is 2.33. The van der Waals surface area contributed by atoms with E-state index < -0.39 is 80.0 Å². The average molecular weight is 594 g/mol. The third-order valence-corrected chi connectivity index (χ3v) is 5.48. The summed E-state index contributed by atoms with van der Waals surface area (Å²) in [6.07, 6.45) is -0.911. The normalized spacial score (nSPS) is 14.0. The second-order valence-corrected chi connectivity index (χ2v) is 10.8. The standard InChI is InChI=1S/C28H39F4NO8/c1-17(2)11-19(13-23(35)41-28(3,4)5)24(36)33-21(16-40-27(31)32)22(34)12-20(15-39-26(29)30)25(37)38-14-18-9-7-6-8-10-18/h6-10,17,19-21,26-27H,11-16H2,1-5H3,(H,33,36)/t19-,20+,21+/m1/s1. The number of rotatable bonds is 18. The van der Waals surface area contributed by atoms with Gasteiger partial charge in [0.15, 0.2) is 5.78 Å². The number of benzene rings is 1. The average Bonchev–Trinajstić information content (AvgIpc) is 2.85. The first-order valence-corrected chi connectivity index (χ1v) is 13.1. The Kier molecular flexibility index (Phi) is 15.5. The Hall–Kier alpha value is -3.06. The van der Waals surface area contributed by atoms with Crippen molar-refractivity contribution in [1.82, 2.24) is 5.32 Å². The molecule has 3 atom stereocenters. The van der Waals surface area contributed by atoms with E-state index in [2.05, 4.69) is 14.8 Å². The van der Waals surface area contributed by atoms with E-state index in [-0.39, 0.29) is 25.4 Å². The van der Waals surface area contributed by atoms with E-state index in [0.29, 0.717) is 5.56 Å². The van der Waals surface area contributed by atoms with Crippen LogP contribution in [0.2, 0.25) is 0 Å². The third kappa shape index (κ3) is 16.1. The Morgan fingerprint density at radius 2 is 1.44 bits per heavy atom. The van der Waals surface area contributed by atoms with E-state index >= 15 is 0 Å². The summed E-state index contributed by atoms with van der Waals surface area (Å²) in [6.45, 7) is -0.0739. The second kappa shape index (κ2) is 17.7. The summed E-state index contributed by atoms with van der Waals surface area (Å²) in [6, 6.07) is 6.74. The van der Waals surface area contributed by atoms with E-state index in [1.54, 1.807) is 65.0 Å². The largest absolute Gasteiger partial charge is 0.461 e. The highest BCUT2D eigenvalue weighted by Crippen LogP contribution is 2.20. The van der Waals surface area contributed by atoms with Crippen molar-refractivity contribution >= 4 is 23.6 Å². The second-order valence-electron chi connectivity index (χ2n) is 10.8. The van der Waals surface area contributed by atoms with Crippen molar-refractivity contribution in [2.24, 2.45) is 17.8 Å². The van der Waals surface area contributed by atoms with Crippen molar-refractivity contribution < 1.29 is 55.7 Å². The van der Waals surface area contributed by atoms with Gasteiger partial charge in [-0.1, -0.05) is 44.2 Å². The maximum absolute atomic E-state index is 13.1. The third-order valence-electron chi connectivity index (χ3n) is 5.48. The maximum Gasteiger partial charge on any atom is 0.345 e. The van der Waals surface area contributed by atoms with Gasteiger partial charge in [0.1, 0.15) is 18.2 Å². The van der Waals surface area contributed by atoms with Crippen molar-refractivity contribution in [1.29, 1.82) is 0 Å². The zero-order valence-electron chi connectivity index (χ0n) is 23.9. The summed E-state index contributed by atoms with van der Waals surface area (Å²) in [5.74, 6) is -6.03. The maximum atomic E-state index is 13.1. The Balaban J connectivity index is 3.06. The number of hydrogen-bond donors (Lipinski definition) is 1. The van der Waals surface area contributed by atoms with Gasteiger partial charge in [0.05, 0.1) is 25.6 Å². The zero-order chi connectivity index (χ0) is 31.2. The Labute approximate surface area is 237 Å². The monoisotopic (exact) mass is 593 g/mol. The first-order valence-electron chi connectivity index (χ1n) is 13.1. The van der Waals surface area contributed by atoms with Crippen LogP contribution >= 0.6 is 0 Å². The molecule has 9 nitrogen and oxygen atoms in total. The van der Waals surface area contributed by atoms with Gasteiger partial charge in [-0.05, 0) is 38.7 Å². The summed E-state index contributed by atoms with van der Waals surface area (Å²) in [4.78, 5) is 51.2. The molecule has 0 radical (unpaired) electrons. The van der Waals surface area contributed by atoms with Crippen molar-refractivity contribution in [3.05, 3.63) is 35.9 Å². The lowest BCUT2D eigenvalue weighted by molar-refractivity contribution is -0.167. The molecule has 1 amide bonds. The lowest BCUT2D eigenvalue weighted by Crippen LogP contribution is -2.48. The number of alkyl halides is 4. The minimum atomic E-state index is -3.29. The molecule has 0 spiro atoms. The molecule has 0 saturated carbocycles. The van der Waals surface area contributed by atoms with Gasteiger partial charge in [-0.2, -0.15) is 17.6 Å². The van der Waals surface area contributed by atoms with Crippen molar-refractivity contribution in [3.63, 3.8) is 0 Å². The summed E-state index contributed by atoms with van der Waals surface area (Å²) < 4.78 is 70.0. The van der Waals surface area contributed by atoms with Crippen LogP contribution in [0.5, 0.6) is 0 Å². The molecule has 13 heteroatoms. The number of nitrogens with one attached hydrogen (secondary N) is 1. The van der Waals surface area contributed by atoms with Gasteiger partial charge in [-0.3, -0.25) is 19.2 Å². The molecule has 0 heterocycles.